The Morgan fingerprint density at radius 3 is 3.00 bits per heavy atom. The molecule has 0 spiro atoms. The van der Waals surface area contributed by atoms with E-state index in [1.807, 2.05) is 34.9 Å². The third-order valence-electron chi connectivity index (χ3n) is 5.02. The Morgan fingerprint density at radius 2 is 2.15 bits per heavy atom. The lowest BCUT2D eigenvalue weighted by Gasteiger charge is -2.22. The van der Waals surface area contributed by atoms with Crippen molar-refractivity contribution in [3.63, 3.8) is 0 Å². The van der Waals surface area contributed by atoms with Gasteiger partial charge in [-0.05, 0) is 18.6 Å². The number of nitrogens with one attached hydrogen (secondary N) is 1. The monoisotopic (exact) mass is 405 g/mol. The van der Waals surface area contributed by atoms with Crippen LogP contribution in [0.2, 0.25) is 0 Å². The van der Waals surface area contributed by atoms with Crippen molar-refractivity contribution in [2.45, 2.75) is 48.1 Å². The van der Waals surface area contributed by atoms with Crippen LogP contribution in [0.25, 0.3) is 0 Å². The van der Waals surface area contributed by atoms with Crippen LogP contribution in [-0.2, 0) is 11.3 Å². The van der Waals surface area contributed by atoms with Crippen molar-refractivity contribution in [3.05, 3.63) is 30.2 Å². The summed E-state index contributed by atoms with van der Waals surface area (Å²) in [5, 5.41) is 9.24. The van der Waals surface area contributed by atoms with Crippen LogP contribution in [-0.4, -0.2) is 46.7 Å². The second-order valence-electron chi connectivity index (χ2n) is 7.11. The van der Waals surface area contributed by atoms with Crippen molar-refractivity contribution in [1.82, 2.24) is 10.2 Å². The van der Waals surface area contributed by atoms with Gasteiger partial charge in [-0.25, -0.2) is 0 Å². The maximum absolute atomic E-state index is 12.9. The van der Waals surface area contributed by atoms with Crippen LogP contribution in [0.1, 0.15) is 32.1 Å². The molecule has 6 nitrogen and oxygen atoms in total. The van der Waals surface area contributed by atoms with Gasteiger partial charge in [-0.15, -0.1) is 22.0 Å². The molecular formula is C19H25N4O2S2+. The minimum atomic E-state index is 0.0899. The Balaban J connectivity index is 1.37. The smallest absolute Gasteiger partial charge is 0.277 e. The van der Waals surface area contributed by atoms with E-state index < -0.39 is 0 Å². The van der Waals surface area contributed by atoms with Gasteiger partial charge >= 0.3 is 0 Å². The molecule has 1 aromatic carbocycles. The summed E-state index contributed by atoms with van der Waals surface area (Å²) in [6.45, 7) is 6.10. The van der Waals surface area contributed by atoms with Gasteiger partial charge in [0.2, 0.25) is 5.91 Å². The van der Waals surface area contributed by atoms with Crippen LogP contribution in [0.4, 0.5) is 5.69 Å². The summed E-state index contributed by atoms with van der Waals surface area (Å²) in [4.78, 5) is 17.5. The van der Waals surface area contributed by atoms with Gasteiger partial charge in [0.15, 0.2) is 6.54 Å². The van der Waals surface area contributed by atoms with Crippen molar-refractivity contribution in [3.8, 4) is 0 Å². The lowest BCUT2D eigenvalue weighted by molar-refractivity contribution is -0.902. The molecule has 1 atom stereocenters. The van der Waals surface area contributed by atoms with E-state index in [0.717, 1.165) is 25.2 Å². The molecule has 0 unspecified atom stereocenters. The zero-order chi connectivity index (χ0) is 18.6. The summed E-state index contributed by atoms with van der Waals surface area (Å²) >= 11 is 3.18. The number of hydrogen-bond donors (Lipinski definition) is 1. The molecule has 8 heteroatoms. The fourth-order valence-corrected chi connectivity index (χ4v) is 5.35. The number of fused-ring (bicyclic) bond motifs is 1. The highest BCUT2D eigenvalue weighted by Gasteiger charge is 2.25. The molecule has 1 amide bonds. The van der Waals surface area contributed by atoms with Crippen LogP contribution < -0.4 is 9.80 Å². The quantitative estimate of drug-likeness (QED) is 0.770. The average molecular weight is 406 g/mol. The van der Waals surface area contributed by atoms with E-state index in [1.165, 1.54) is 47.5 Å². The molecule has 144 valence electrons. The number of para-hydroxylation sites is 1. The zero-order valence-electron chi connectivity index (χ0n) is 15.5. The molecule has 1 aromatic heterocycles. The molecule has 1 saturated heterocycles. The number of anilines is 1. The minimum absolute atomic E-state index is 0.0899. The number of amides is 1. The standard InChI is InChI=1S/C19H24N4O2S2/c1-14-8-11-23(15-6-2-3-7-16(15)27-14)18(24)13-26-19-21-20-17(25-19)12-22-9-4-5-10-22/h2-3,6-7,14H,4-5,8-13H2,1H3/p+1/t14-/m0/s1. The lowest BCUT2D eigenvalue weighted by atomic mass is 10.2. The number of hydrogen-bond acceptors (Lipinski definition) is 6. The molecular weight excluding hydrogens is 380 g/mol. The molecule has 3 heterocycles. The van der Waals surface area contributed by atoms with Gasteiger partial charge in [-0.1, -0.05) is 30.8 Å². The summed E-state index contributed by atoms with van der Waals surface area (Å²) in [5.41, 5.74) is 1.02. The van der Waals surface area contributed by atoms with Gasteiger partial charge in [0.05, 0.1) is 24.5 Å². The van der Waals surface area contributed by atoms with E-state index in [2.05, 4.69) is 23.2 Å². The van der Waals surface area contributed by atoms with E-state index in [9.17, 15) is 4.79 Å². The Hall–Kier alpha value is -1.51. The van der Waals surface area contributed by atoms with Crippen LogP contribution in [0.5, 0.6) is 0 Å². The highest BCUT2D eigenvalue weighted by atomic mass is 32.2. The predicted molar refractivity (Wildman–Crippen MR) is 107 cm³/mol. The molecule has 27 heavy (non-hydrogen) atoms. The third kappa shape index (κ3) is 4.67. The maximum atomic E-state index is 12.9. The SMILES string of the molecule is C[C@H]1CCN(C(=O)CSc2nnc(C[NH+]3CCCC3)o2)c2ccccc2S1. The number of benzene rings is 1. The molecule has 2 aliphatic heterocycles. The normalized spacial score (nSPS) is 20.5. The number of aromatic nitrogens is 2. The van der Waals surface area contributed by atoms with Gasteiger partial charge in [-0.2, -0.15) is 0 Å². The van der Waals surface area contributed by atoms with Crippen molar-refractivity contribution < 1.29 is 14.1 Å². The van der Waals surface area contributed by atoms with E-state index in [4.69, 9.17) is 4.42 Å². The fraction of sp³-hybridized carbons (Fsp3) is 0.526. The molecule has 0 saturated carbocycles. The van der Waals surface area contributed by atoms with Crippen LogP contribution in [0.3, 0.4) is 0 Å². The Morgan fingerprint density at radius 1 is 1.33 bits per heavy atom. The van der Waals surface area contributed by atoms with Crippen LogP contribution in [0.15, 0.2) is 38.8 Å². The average Bonchev–Trinajstić information content (AvgIpc) is 3.30. The number of quaternary nitrogens is 1. The Bertz CT molecular complexity index is 792. The van der Waals surface area contributed by atoms with Gasteiger partial charge in [0.1, 0.15) is 0 Å². The third-order valence-corrected chi connectivity index (χ3v) is 7.06. The summed E-state index contributed by atoms with van der Waals surface area (Å²) in [7, 11) is 0. The molecule has 1 fully saturated rings. The first-order chi connectivity index (χ1) is 13.2. The van der Waals surface area contributed by atoms with E-state index in [-0.39, 0.29) is 5.91 Å². The largest absolute Gasteiger partial charge is 0.410 e. The van der Waals surface area contributed by atoms with E-state index in [1.54, 1.807) is 0 Å². The number of likely N-dealkylation sites (tertiary alicyclic amines) is 1. The molecule has 2 aromatic rings. The summed E-state index contributed by atoms with van der Waals surface area (Å²) in [6.07, 6.45) is 3.53. The fourth-order valence-electron chi connectivity index (χ4n) is 3.58. The number of carbonyl (C=O) groups is 1. The summed E-state index contributed by atoms with van der Waals surface area (Å²) < 4.78 is 5.74. The first-order valence-electron chi connectivity index (χ1n) is 9.54. The summed E-state index contributed by atoms with van der Waals surface area (Å²) in [6, 6.07) is 8.16. The van der Waals surface area contributed by atoms with E-state index >= 15 is 0 Å². The molecule has 0 radical (unpaired) electrons. The van der Waals surface area contributed by atoms with Crippen molar-refractivity contribution in [1.29, 1.82) is 0 Å². The van der Waals surface area contributed by atoms with Gasteiger partial charge in [0.25, 0.3) is 11.1 Å². The number of nitrogens with zero attached hydrogens (tertiary/aromatic N) is 3. The first kappa shape index (κ1) is 18.8. The minimum Gasteiger partial charge on any atom is -0.410 e. The topological polar surface area (TPSA) is 63.7 Å². The zero-order valence-corrected chi connectivity index (χ0v) is 17.2. The van der Waals surface area contributed by atoms with Gasteiger partial charge in [0, 0.05) is 29.5 Å². The molecule has 2 aliphatic rings. The highest BCUT2D eigenvalue weighted by molar-refractivity contribution is 8.00. The van der Waals surface area contributed by atoms with Gasteiger partial charge < -0.3 is 14.2 Å². The van der Waals surface area contributed by atoms with Crippen LogP contribution in [0, 0.1) is 0 Å². The molecule has 1 N–H and O–H groups in total. The van der Waals surface area contributed by atoms with Crippen molar-refractivity contribution >= 4 is 35.1 Å². The molecule has 0 aliphatic carbocycles. The highest BCUT2D eigenvalue weighted by Crippen LogP contribution is 2.37. The number of carbonyl (C=O) groups excluding carboxylic acids is 1. The number of thioether (sulfide) groups is 2. The first-order valence-corrected chi connectivity index (χ1v) is 11.4. The van der Waals surface area contributed by atoms with Crippen molar-refractivity contribution in [2.75, 3.05) is 30.3 Å². The summed E-state index contributed by atoms with van der Waals surface area (Å²) in [5.74, 6) is 1.07. The van der Waals surface area contributed by atoms with Crippen molar-refractivity contribution in [2.24, 2.45) is 0 Å². The predicted octanol–water partition coefficient (Wildman–Crippen LogP) is 2.26. The van der Waals surface area contributed by atoms with Crippen LogP contribution >= 0.6 is 23.5 Å². The van der Waals surface area contributed by atoms with E-state index in [0.29, 0.717) is 22.1 Å². The molecule has 4 rings (SSSR count). The Kier molecular flexibility index (Phi) is 6.04. The number of rotatable bonds is 5. The van der Waals surface area contributed by atoms with Gasteiger partial charge in [-0.3, -0.25) is 4.79 Å². The maximum Gasteiger partial charge on any atom is 0.277 e. The molecule has 0 bridgehead atoms. The second-order valence-corrected chi connectivity index (χ2v) is 9.52. The lowest BCUT2D eigenvalue weighted by Crippen LogP contribution is -3.08. The Labute approximate surface area is 168 Å². The second kappa shape index (κ2) is 8.67.